The van der Waals surface area contributed by atoms with Crippen LogP contribution >= 0.6 is 0 Å². The lowest BCUT2D eigenvalue weighted by atomic mass is 9.97. The van der Waals surface area contributed by atoms with Crippen molar-refractivity contribution in [2.24, 2.45) is 0 Å². The summed E-state index contributed by atoms with van der Waals surface area (Å²) in [6.07, 6.45) is 4.29. The zero-order valence-electron chi connectivity index (χ0n) is 15.5. The molecule has 1 N–H and O–H groups in total. The predicted octanol–water partition coefficient (Wildman–Crippen LogP) is 2.33. The fourth-order valence-corrected chi connectivity index (χ4v) is 4.01. The molecule has 2 aliphatic heterocycles. The van der Waals surface area contributed by atoms with E-state index >= 15 is 0 Å². The normalized spacial score (nSPS) is 26.2. The largest absolute Gasteiger partial charge is 0.336 e. The van der Waals surface area contributed by atoms with Crippen molar-refractivity contribution in [3.05, 3.63) is 35.9 Å². The number of hydrogen-bond donors (Lipinski definition) is 1. The van der Waals surface area contributed by atoms with Crippen molar-refractivity contribution in [3.63, 3.8) is 0 Å². The number of nitrogens with one attached hydrogen (secondary N) is 1. The summed E-state index contributed by atoms with van der Waals surface area (Å²) in [5, 5.41) is 2.72. The number of likely N-dealkylation sites (tertiary alicyclic amines) is 1. The maximum absolute atomic E-state index is 12.7. The molecule has 3 rings (SSSR count). The summed E-state index contributed by atoms with van der Waals surface area (Å²) in [6, 6.07) is 9.16. The van der Waals surface area contributed by atoms with Gasteiger partial charge in [-0.05, 0) is 51.5 Å². The Morgan fingerprint density at radius 1 is 1.12 bits per heavy atom. The van der Waals surface area contributed by atoms with Gasteiger partial charge in [0.25, 0.3) is 5.91 Å². The van der Waals surface area contributed by atoms with E-state index in [0.29, 0.717) is 12.8 Å². The van der Waals surface area contributed by atoms with Gasteiger partial charge in [0.15, 0.2) is 0 Å². The smallest absolute Gasteiger partial charge is 0.325 e. The van der Waals surface area contributed by atoms with E-state index in [1.165, 1.54) is 0 Å². The van der Waals surface area contributed by atoms with Crippen LogP contribution in [0.2, 0.25) is 0 Å². The molecule has 2 fully saturated rings. The van der Waals surface area contributed by atoms with Gasteiger partial charge >= 0.3 is 6.03 Å². The van der Waals surface area contributed by atoms with Crippen molar-refractivity contribution >= 4 is 17.8 Å². The summed E-state index contributed by atoms with van der Waals surface area (Å²) in [4.78, 5) is 40.4. The highest BCUT2D eigenvalue weighted by Crippen LogP contribution is 2.23. The third-order valence-corrected chi connectivity index (χ3v) is 5.45. The van der Waals surface area contributed by atoms with Crippen molar-refractivity contribution in [2.75, 3.05) is 6.54 Å². The number of aryl methyl sites for hydroxylation is 1. The number of carbonyl (C=O) groups excluding carboxylic acids is 3. The van der Waals surface area contributed by atoms with Crippen molar-refractivity contribution in [3.8, 4) is 0 Å². The number of amides is 4. The third kappa shape index (κ3) is 3.89. The van der Waals surface area contributed by atoms with Crippen LogP contribution in [0.1, 0.15) is 45.1 Å². The highest BCUT2D eigenvalue weighted by molar-refractivity contribution is 6.06. The molecule has 1 aromatic rings. The Morgan fingerprint density at radius 3 is 2.42 bits per heavy atom. The van der Waals surface area contributed by atoms with Crippen molar-refractivity contribution in [1.29, 1.82) is 0 Å². The summed E-state index contributed by atoms with van der Waals surface area (Å²) in [5.41, 5.74) is 1.13. The minimum absolute atomic E-state index is 0.142. The maximum atomic E-state index is 12.7. The lowest BCUT2D eigenvalue weighted by Gasteiger charge is -2.39. The van der Waals surface area contributed by atoms with E-state index in [2.05, 4.69) is 5.32 Å². The molecular formula is C20H27N3O3. The number of carbonyl (C=O) groups is 3. The second-order valence-corrected chi connectivity index (χ2v) is 7.38. The highest BCUT2D eigenvalue weighted by Gasteiger charge is 2.40. The number of hydrogen-bond acceptors (Lipinski definition) is 3. The summed E-state index contributed by atoms with van der Waals surface area (Å²) in [6.45, 7) is 3.89. The molecule has 0 aromatic heterocycles. The lowest BCUT2D eigenvalue weighted by molar-refractivity contribution is -0.141. The zero-order chi connectivity index (χ0) is 18.7. The van der Waals surface area contributed by atoms with E-state index < -0.39 is 12.1 Å². The molecule has 140 valence electrons. The molecule has 3 atom stereocenters. The summed E-state index contributed by atoms with van der Waals surface area (Å²) >= 11 is 0. The van der Waals surface area contributed by atoms with Crippen LogP contribution in [0, 0.1) is 0 Å². The van der Waals surface area contributed by atoms with Crippen LogP contribution in [0.4, 0.5) is 4.79 Å². The fourth-order valence-electron chi connectivity index (χ4n) is 4.01. The maximum Gasteiger partial charge on any atom is 0.325 e. The fraction of sp³-hybridized carbons (Fsp3) is 0.550. The lowest BCUT2D eigenvalue weighted by Crippen LogP contribution is -2.52. The number of rotatable bonds is 5. The molecule has 0 saturated carbocycles. The average molecular weight is 357 g/mol. The van der Waals surface area contributed by atoms with Crippen molar-refractivity contribution in [2.45, 2.75) is 64.1 Å². The molecule has 6 heteroatoms. The van der Waals surface area contributed by atoms with Crippen LogP contribution < -0.4 is 5.32 Å². The molecule has 6 nitrogen and oxygen atoms in total. The van der Waals surface area contributed by atoms with Gasteiger partial charge in [0.2, 0.25) is 5.91 Å². The van der Waals surface area contributed by atoms with Gasteiger partial charge in [0.1, 0.15) is 12.6 Å². The van der Waals surface area contributed by atoms with Crippen LogP contribution in [-0.2, 0) is 16.0 Å². The topological polar surface area (TPSA) is 69.7 Å². The molecule has 2 saturated heterocycles. The van der Waals surface area contributed by atoms with E-state index in [-0.39, 0.29) is 30.4 Å². The second-order valence-electron chi connectivity index (χ2n) is 7.38. The molecule has 1 aromatic carbocycles. The Kier molecular flexibility index (Phi) is 5.59. The number of piperidine rings is 1. The first-order valence-electron chi connectivity index (χ1n) is 9.44. The monoisotopic (exact) mass is 357 g/mol. The van der Waals surface area contributed by atoms with E-state index in [9.17, 15) is 14.4 Å². The van der Waals surface area contributed by atoms with Crippen LogP contribution in [0.5, 0.6) is 0 Å². The molecule has 0 radical (unpaired) electrons. The van der Waals surface area contributed by atoms with Crippen LogP contribution in [0.25, 0.3) is 0 Å². The molecule has 0 spiro atoms. The second kappa shape index (κ2) is 7.89. The molecule has 0 bridgehead atoms. The standard InChI is InChI=1S/C20H27N3O3/c1-14-7-6-8-15(2)23(14)18(24)13-22-19(25)17(21-20(22)26)12-11-16-9-4-3-5-10-16/h3-5,9-10,14-15,17H,6-8,11-13H2,1-2H3,(H,21,26). The van der Waals surface area contributed by atoms with Gasteiger partial charge in [-0.1, -0.05) is 30.3 Å². The van der Waals surface area contributed by atoms with Gasteiger partial charge in [0, 0.05) is 12.1 Å². The van der Waals surface area contributed by atoms with Crippen LogP contribution in [0.15, 0.2) is 30.3 Å². The molecular weight excluding hydrogens is 330 g/mol. The van der Waals surface area contributed by atoms with Gasteiger partial charge in [-0.3, -0.25) is 14.5 Å². The van der Waals surface area contributed by atoms with Gasteiger partial charge in [-0.25, -0.2) is 4.79 Å². The zero-order valence-corrected chi connectivity index (χ0v) is 15.5. The van der Waals surface area contributed by atoms with Crippen molar-refractivity contribution < 1.29 is 14.4 Å². The van der Waals surface area contributed by atoms with E-state index in [1.807, 2.05) is 49.1 Å². The summed E-state index contributed by atoms with van der Waals surface area (Å²) in [7, 11) is 0. The Balaban J connectivity index is 1.59. The first kappa shape index (κ1) is 18.4. The Labute approximate surface area is 154 Å². The SMILES string of the molecule is CC1CCCC(C)N1C(=O)CN1C(=O)NC(CCc2ccccc2)C1=O. The molecule has 2 heterocycles. The summed E-state index contributed by atoms with van der Waals surface area (Å²) < 4.78 is 0. The number of imide groups is 1. The molecule has 2 aliphatic rings. The first-order valence-corrected chi connectivity index (χ1v) is 9.44. The van der Waals surface area contributed by atoms with Gasteiger partial charge in [-0.15, -0.1) is 0 Å². The van der Waals surface area contributed by atoms with Gasteiger partial charge in [0.05, 0.1) is 0 Å². The summed E-state index contributed by atoms with van der Waals surface area (Å²) in [5.74, 6) is -0.437. The van der Waals surface area contributed by atoms with Crippen molar-refractivity contribution in [1.82, 2.24) is 15.1 Å². The Bertz CT molecular complexity index is 666. The van der Waals surface area contributed by atoms with Gasteiger partial charge in [-0.2, -0.15) is 0 Å². The molecule has 4 amide bonds. The van der Waals surface area contributed by atoms with E-state index in [4.69, 9.17) is 0 Å². The minimum Gasteiger partial charge on any atom is -0.336 e. The number of urea groups is 1. The molecule has 3 unspecified atom stereocenters. The minimum atomic E-state index is -0.549. The quantitative estimate of drug-likeness (QED) is 0.822. The average Bonchev–Trinajstić information content (AvgIpc) is 2.88. The molecule has 0 aliphatic carbocycles. The molecule has 26 heavy (non-hydrogen) atoms. The highest BCUT2D eigenvalue weighted by atomic mass is 16.2. The van der Waals surface area contributed by atoms with E-state index in [0.717, 1.165) is 29.7 Å². The number of nitrogens with zero attached hydrogens (tertiary/aromatic N) is 2. The van der Waals surface area contributed by atoms with E-state index in [1.54, 1.807) is 0 Å². The van der Waals surface area contributed by atoms with Crippen LogP contribution in [-0.4, -0.2) is 52.3 Å². The third-order valence-electron chi connectivity index (χ3n) is 5.45. The van der Waals surface area contributed by atoms with Crippen LogP contribution in [0.3, 0.4) is 0 Å². The first-order chi connectivity index (χ1) is 12.5. The Hall–Kier alpha value is -2.37. The predicted molar refractivity (Wildman–Crippen MR) is 98.4 cm³/mol. The van der Waals surface area contributed by atoms with Gasteiger partial charge < -0.3 is 10.2 Å². The number of benzene rings is 1. The Morgan fingerprint density at radius 2 is 1.77 bits per heavy atom.